The number of allylic oxidation sites excluding steroid dienone is 1. The van der Waals surface area contributed by atoms with E-state index >= 15 is 0 Å². The topological polar surface area (TPSA) is 112 Å². The first-order chi connectivity index (χ1) is 5.80. The van der Waals surface area contributed by atoms with E-state index in [2.05, 4.69) is 4.74 Å². The molecule has 0 aliphatic carbocycles. The number of sulfonamides is 1. The Bertz CT molecular complexity index is 327. The number of carbonyl (C=O) groups is 1. The Morgan fingerprint density at radius 1 is 1.46 bits per heavy atom. The monoisotopic (exact) mass is 208 g/mol. The summed E-state index contributed by atoms with van der Waals surface area (Å²) in [6.07, 6.45) is 0. The predicted molar refractivity (Wildman–Crippen MR) is 46.6 cm³/mol. The summed E-state index contributed by atoms with van der Waals surface area (Å²) in [7, 11) is -4.11. The number of esters is 1. The highest BCUT2D eigenvalue weighted by molar-refractivity contribution is 7.94. The van der Waals surface area contributed by atoms with E-state index in [1.807, 2.05) is 0 Å². The maximum absolute atomic E-state index is 11.0. The van der Waals surface area contributed by atoms with Gasteiger partial charge in [-0.05, 0) is 13.8 Å². The summed E-state index contributed by atoms with van der Waals surface area (Å²) >= 11 is 0. The molecule has 76 valence electrons. The van der Waals surface area contributed by atoms with Gasteiger partial charge in [-0.25, -0.2) is 18.4 Å². The zero-order valence-corrected chi connectivity index (χ0v) is 8.22. The molecule has 0 rings (SSSR count). The molecule has 0 aliphatic rings. The molecule has 0 bridgehead atoms. The van der Waals surface area contributed by atoms with Crippen LogP contribution in [-0.4, -0.2) is 21.0 Å². The third-order valence-corrected chi connectivity index (χ3v) is 2.16. The quantitative estimate of drug-likeness (QED) is 0.457. The van der Waals surface area contributed by atoms with Crippen LogP contribution >= 0.6 is 0 Å². The molecule has 0 fully saturated rings. The van der Waals surface area contributed by atoms with E-state index < -0.39 is 20.9 Å². The number of rotatable bonds is 3. The van der Waals surface area contributed by atoms with E-state index in [1.165, 1.54) is 6.92 Å². The second kappa shape index (κ2) is 4.24. The van der Waals surface area contributed by atoms with Gasteiger partial charge in [0.05, 0.1) is 6.61 Å². The highest BCUT2D eigenvalue weighted by Crippen LogP contribution is 2.07. The Hall–Kier alpha value is -1.08. The minimum absolute atomic E-state index is 0.0606. The maximum Gasteiger partial charge on any atom is 0.352 e. The molecule has 0 heterocycles. The summed E-state index contributed by atoms with van der Waals surface area (Å²) in [5.41, 5.74) is 4.99. The highest BCUT2D eigenvalue weighted by Gasteiger charge is 2.24. The molecule has 7 heteroatoms. The lowest BCUT2D eigenvalue weighted by Crippen LogP contribution is -2.25. The van der Waals surface area contributed by atoms with E-state index in [9.17, 15) is 13.2 Å². The number of carbonyl (C=O) groups excluding carboxylic acids is 1. The van der Waals surface area contributed by atoms with Gasteiger partial charge in [-0.3, -0.25) is 0 Å². The Morgan fingerprint density at radius 2 is 1.92 bits per heavy atom. The molecule has 6 nitrogen and oxygen atoms in total. The van der Waals surface area contributed by atoms with Crippen LogP contribution in [0, 0.1) is 0 Å². The standard InChI is InChI=1S/C6H12N2O4S/c1-3-12-6(9)5(4(2)7)13(8,10)11/h3,7H2,1-2H3,(H2,8,10,11)/b5-4+. The molecule has 0 saturated heterocycles. The normalized spacial score (nSPS) is 13.5. The molecule has 0 aromatic heterocycles. The fourth-order valence-corrected chi connectivity index (χ4v) is 1.44. The molecule has 0 radical (unpaired) electrons. The number of hydrogen-bond donors (Lipinski definition) is 2. The summed E-state index contributed by atoms with van der Waals surface area (Å²) in [5.74, 6) is -1.02. The van der Waals surface area contributed by atoms with E-state index in [4.69, 9.17) is 10.9 Å². The van der Waals surface area contributed by atoms with Gasteiger partial charge in [0.15, 0.2) is 4.91 Å². The van der Waals surface area contributed by atoms with E-state index in [0.717, 1.165) is 0 Å². The van der Waals surface area contributed by atoms with Crippen LogP contribution in [0.2, 0.25) is 0 Å². The number of ether oxygens (including phenoxy) is 1. The van der Waals surface area contributed by atoms with E-state index in [1.54, 1.807) is 6.92 Å². The van der Waals surface area contributed by atoms with Gasteiger partial charge in [-0.1, -0.05) is 0 Å². The van der Waals surface area contributed by atoms with Crippen LogP contribution in [0.5, 0.6) is 0 Å². The van der Waals surface area contributed by atoms with Gasteiger partial charge in [-0.15, -0.1) is 0 Å². The average molecular weight is 208 g/mol. The first-order valence-electron chi connectivity index (χ1n) is 3.47. The fourth-order valence-electron chi connectivity index (χ4n) is 0.698. The molecule has 0 amide bonds. The SMILES string of the molecule is CCOC(=O)/C(=C(/C)N)S(N)(=O)=O. The van der Waals surface area contributed by atoms with Crippen LogP contribution in [0.1, 0.15) is 13.8 Å². The first-order valence-corrected chi connectivity index (χ1v) is 5.01. The zero-order valence-electron chi connectivity index (χ0n) is 7.40. The smallest absolute Gasteiger partial charge is 0.352 e. The molecule has 13 heavy (non-hydrogen) atoms. The van der Waals surface area contributed by atoms with Gasteiger partial charge in [0.1, 0.15) is 0 Å². The lowest BCUT2D eigenvalue weighted by atomic mass is 10.4. The van der Waals surface area contributed by atoms with Gasteiger partial charge in [0.2, 0.25) is 10.0 Å². The van der Waals surface area contributed by atoms with Crippen molar-refractivity contribution in [2.24, 2.45) is 10.9 Å². The molecular formula is C6H12N2O4S. The van der Waals surface area contributed by atoms with Crippen molar-refractivity contribution in [3.8, 4) is 0 Å². The Morgan fingerprint density at radius 3 is 2.15 bits per heavy atom. The summed E-state index contributed by atoms with van der Waals surface area (Å²) in [5, 5.41) is 4.75. The third-order valence-electron chi connectivity index (χ3n) is 1.10. The van der Waals surface area contributed by atoms with Crippen molar-refractivity contribution in [3.63, 3.8) is 0 Å². The molecule has 0 aromatic rings. The third kappa shape index (κ3) is 3.43. The summed E-state index contributed by atoms with van der Waals surface area (Å²) in [6, 6.07) is 0. The van der Waals surface area contributed by atoms with Gasteiger partial charge in [0.25, 0.3) is 0 Å². The number of nitrogens with two attached hydrogens (primary N) is 2. The van der Waals surface area contributed by atoms with Crippen molar-refractivity contribution in [1.82, 2.24) is 0 Å². The first kappa shape index (κ1) is 11.9. The summed E-state index contributed by atoms with van der Waals surface area (Å²) in [4.78, 5) is 10.3. The van der Waals surface area contributed by atoms with Crippen LogP contribution < -0.4 is 10.9 Å². The van der Waals surface area contributed by atoms with Crippen LogP contribution in [0.3, 0.4) is 0 Å². The van der Waals surface area contributed by atoms with E-state index in [-0.39, 0.29) is 12.3 Å². The second-order valence-electron chi connectivity index (χ2n) is 2.28. The van der Waals surface area contributed by atoms with Gasteiger partial charge in [0, 0.05) is 5.70 Å². The van der Waals surface area contributed by atoms with Crippen molar-refractivity contribution in [2.75, 3.05) is 6.61 Å². The molecule has 0 atom stereocenters. The van der Waals surface area contributed by atoms with Crippen molar-refractivity contribution < 1.29 is 17.9 Å². The number of hydrogen-bond acceptors (Lipinski definition) is 5. The van der Waals surface area contributed by atoms with Crippen LogP contribution in [0.25, 0.3) is 0 Å². The highest BCUT2D eigenvalue weighted by atomic mass is 32.2. The number of primary sulfonamides is 1. The fraction of sp³-hybridized carbons (Fsp3) is 0.500. The largest absolute Gasteiger partial charge is 0.462 e. The Labute approximate surface area is 76.6 Å². The van der Waals surface area contributed by atoms with Gasteiger partial charge < -0.3 is 10.5 Å². The molecule has 0 saturated carbocycles. The molecule has 4 N–H and O–H groups in total. The average Bonchev–Trinajstić information content (AvgIpc) is 1.82. The molecule has 0 aromatic carbocycles. The molecule has 0 spiro atoms. The van der Waals surface area contributed by atoms with E-state index in [0.29, 0.717) is 0 Å². The molecule has 0 unspecified atom stereocenters. The molecular weight excluding hydrogens is 196 g/mol. The zero-order chi connectivity index (χ0) is 10.6. The molecule has 0 aliphatic heterocycles. The minimum atomic E-state index is -4.11. The predicted octanol–water partition coefficient (Wildman–Crippen LogP) is -0.972. The second-order valence-corrected chi connectivity index (χ2v) is 3.78. The Balaban J connectivity index is 5.11. The van der Waals surface area contributed by atoms with Gasteiger partial charge in [-0.2, -0.15) is 0 Å². The lowest BCUT2D eigenvalue weighted by molar-refractivity contribution is -0.137. The van der Waals surface area contributed by atoms with Crippen molar-refractivity contribution in [3.05, 3.63) is 10.6 Å². The van der Waals surface area contributed by atoms with Crippen LogP contribution in [0.15, 0.2) is 10.6 Å². The van der Waals surface area contributed by atoms with Crippen molar-refractivity contribution >= 4 is 16.0 Å². The van der Waals surface area contributed by atoms with Crippen molar-refractivity contribution in [2.45, 2.75) is 13.8 Å². The van der Waals surface area contributed by atoms with Crippen LogP contribution in [0.4, 0.5) is 0 Å². The maximum atomic E-state index is 11.0. The summed E-state index contributed by atoms with van der Waals surface area (Å²) in [6.45, 7) is 2.87. The van der Waals surface area contributed by atoms with Gasteiger partial charge >= 0.3 is 5.97 Å². The minimum Gasteiger partial charge on any atom is -0.462 e. The Kier molecular flexibility index (Phi) is 3.89. The van der Waals surface area contributed by atoms with Crippen LogP contribution in [-0.2, 0) is 19.6 Å². The lowest BCUT2D eigenvalue weighted by Gasteiger charge is -2.05. The van der Waals surface area contributed by atoms with Crippen molar-refractivity contribution in [1.29, 1.82) is 0 Å². The summed E-state index contributed by atoms with van der Waals surface area (Å²) < 4.78 is 26.1.